The third kappa shape index (κ3) is 2.90. The number of alkyl halides is 2. The topological polar surface area (TPSA) is 9.23 Å². The molecule has 1 unspecified atom stereocenters. The average Bonchev–Trinajstić information content (AvgIpc) is 2.01. The van der Waals surface area contributed by atoms with Gasteiger partial charge in [-0.2, -0.15) is 0 Å². The SMILES string of the molecule is CC(CCl)(CBr)OCC1CCC1. The van der Waals surface area contributed by atoms with Gasteiger partial charge in [-0.3, -0.25) is 0 Å². The molecule has 0 aromatic heterocycles. The number of halogens is 2. The maximum atomic E-state index is 5.80. The van der Waals surface area contributed by atoms with E-state index in [1.165, 1.54) is 19.3 Å². The van der Waals surface area contributed by atoms with Crippen molar-refractivity contribution >= 4 is 27.5 Å². The predicted molar refractivity (Wildman–Crippen MR) is 56.2 cm³/mol. The van der Waals surface area contributed by atoms with Gasteiger partial charge in [0.2, 0.25) is 0 Å². The normalized spacial score (nSPS) is 23.2. The largest absolute Gasteiger partial charge is 0.373 e. The molecule has 1 saturated carbocycles. The minimum Gasteiger partial charge on any atom is -0.373 e. The Bertz CT molecular complexity index is 132. The van der Waals surface area contributed by atoms with Crippen LogP contribution in [0.1, 0.15) is 26.2 Å². The fourth-order valence-electron chi connectivity index (χ4n) is 1.09. The summed E-state index contributed by atoms with van der Waals surface area (Å²) in [5.74, 6) is 1.36. The van der Waals surface area contributed by atoms with Gasteiger partial charge >= 0.3 is 0 Å². The molecular weight excluding hydrogens is 239 g/mol. The summed E-state index contributed by atoms with van der Waals surface area (Å²) in [5.41, 5.74) is -0.169. The van der Waals surface area contributed by atoms with Crippen molar-refractivity contribution in [2.75, 3.05) is 17.8 Å². The molecule has 0 aromatic rings. The van der Waals surface area contributed by atoms with Gasteiger partial charge in [0, 0.05) is 5.33 Å². The van der Waals surface area contributed by atoms with Crippen LogP contribution in [0.2, 0.25) is 0 Å². The van der Waals surface area contributed by atoms with E-state index >= 15 is 0 Å². The molecule has 0 radical (unpaired) electrons. The van der Waals surface area contributed by atoms with Crippen molar-refractivity contribution in [1.82, 2.24) is 0 Å². The van der Waals surface area contributed by atoms with Crippen LogP contribution >= 0.6 is 27.5 Å². The molecule has 0 saturated heterocycles. The molecule has 12 heavy (non-hydrogen) atoms. The number of hydrogen-bond acceptors (Lipinski definition) is 1. The lowest BCUT2D eigenvalue weighted by molar-refractivity contribution is -0.0292. The van der Waals surface area contributed by atoms with Crippen LogP contribution in [-0.2, 0) is 4.74 Å². The third-order valence-corrected chi connectivity index (χ3v) is 4.21. The van der Waals surface area contributed by atoms with Crippen molar-refractivity contribution in [2.45, 2.75) is 31.8 Å². The minimum absolute atomic E-state index is 0.169. The average molecular weight is 256 g/mol. The molecule has 0 N–H and O–H groups in total. The Kier molecular flexibility index (Phi) is 4.35. The number of hydrogen-bond donors (Lipinski definition) is 0. The van der Waals surface area contributed by atoms with Crippen molar-refractivity contribution in [1.29, 1.82) is 0 Å². The summed E-state index contributed by atoms with van der Waals surface area (Å²) >= 11 is 9.21. The first kappa shape index (κ1) is 10.8. The molecule has 0 amide bonds. The zero-order valence-corrected chi connectivity index (χ0v) is 9.83. The molecule has 1 rings (SSSR count). The van der Waals surface area contributed by atoms with Crippen LogP contribution in [0.4, 0.5) is 0 Å². The Labute approximate surface area is 87.9 Å². The summed E-state index contributed by atoms with van der Waals surface area (Å²) in [7, 11) is 0. The van der Waals surface area contributed by atoms with Crippen LogP contribution in [0.3, 0.4) is 0 Å². The van der Waals surface area contributed by atoms with E-state index in [2.05, 4.69) is 15.9 Å². The molecule has 1 aliphatic rings. The van der Waals surface area contributed by atoms with E-state index < -0.39 is 0 Å². The summed E-state index contributed by atoms with van der Waals surface area (Å²) in [6.07, 6.45) is 4.04. The van der Waals surface area contributed by atoms with Crippen molar-refractivity contribution < 1.29 is 4.74 Å². The molecule has 1 atom stereocenters. The quantitative estimate of drug-likeness (QED) is 0.686. The highest BCUT2D eigenvalue weighted by Gasteiger charge is 2.26. The highest BCUT2D eigenvalue weighted by molar-refractivity contribution is 9.09. The van der Waals surface area contributed by atoms with E-state index in [1.807, 2.05) is 6.92 Å². The monoisotopic (exact) mass is 254 g/mol. The zero-order valence-electron chi connectivity index (χ0n) is 7.48. The summed E-state index contributed by atoms with van der Waals surface area (Å²) in [5, 5.41) is 0.816. The van der Waals surface area contributed by atoms with Crippen molar-refractivity contribution in [3.05, 3.63) is 0 Å². The van der Waals surface area contributed by atoms with Gasteiger partial charge in [-0.1, -0.05) is 22.4 Å². The van der Waals surface area contributed by atoms with Gasteiger partial charge in [0.25, 0.3) is 0 Å². The maximum Gasteiger partial charge on any atom is 0.0885 e. The van der Waals surface area contributed by atoms with Gasteiger partial charge in [0.1, 0.15) is 0 Å². The number of ether oxygens (including phenoxy) is 1. The fourth-order valence-corrected chi connectivity index (χ4v) is 1.85. The third-order valence-electron chi connectivity index (χ3n) is 2.46. The fraction of sp³-hybridized carbons (Fsp3) is 1.00. The van der Waals surface area contributed by atoms with E-state index in [1.54, 1.807) is 0 Å². The maximum absolute atomic E-state index is 5.80. The molecule has 0 aromatic carbocycles. The Morgan fingerprint density at radius 2 is 2.25 bits per heavy atom. The molecule has 1 aliphatic carbocycles. The van der Waals surface area contributed by atoms with E-state index in [0.29, 0.717) is 5.88 Å². The van der Waals surface area contributed by atoms with E-state index in [4.69, 9.17) is 16.3 Å². The van der Waals surface area contributed by atoms with Crippen LogP contribution in [-0.4, -0.2) is 23.4 Å². The van der Waals surface area contributed by atoms with E-state index in [-0.39, 0.29) is 5.60 Å². The summed E-state index contributed by atoms with van der Waals surface area (Å²) in [6, 6.07) is 0. The standard InChI is InChI=1S/C9H16BrClO/c1-9(6-10,7-11)12-5-8-3-2-4-8/h8H,2-7H2,1H3. The second-order valence-electron chi connectivity index (χ2n) is 3.83. The first-order valence-corrected chi connectivity index (χ1v) is 6.12. The van der Waals surface area contributed by atoms with Crippen LogP contribution in [0.15, 0.2) is 0 Å². The summed E-state index contributed by atoms with van der Waals surface area (Å²) in [4.78, 5) is 0. The smallest absolute Gasteiger partial charge is 0.0885 e. The van der Waals surface area contributed by atoms with Gasteiger partial charge in [0.15, 0.2) is 0 Å². The van der Waals surface area contributed by atoms with Crippen LogP contribution in [0.25, 0.3) is 0 Å². The van der Waals surface area contributed by atoms with Crippen molar-refractivity contribution in [2.24, 2.45) is 5.92 Å². The van der Waals surface area contributed by atoms with Gasteiger partial charge in [0.05, 0.1) is 18.1 Å². The molecule has 3 heteroatoms. The van der Waals surface area contributed by atoms with Crippen LogP contribution in [0.5, 0.6) is 0 Å². The molecule has 0 aliphatic heterocycles. The molecule has 72 valence electrons. The molecule has 1 nitrogen and oxygen atoms in total. The highest BCUT2D eigenvalue weighted by atomic mass is 79.9. The lowest BCUT2D eigenvalue weighted by Gasteiger charge is -2.31. The number of rotatable bonds is 5. The second kappa shape index (κ2) is 4.83. The van der Waals surface area contributed by atoms with Gasteiger partial charge < -0.3 is 4.74 Å². The molecule has 0 spiro atoms. The zero-order chi connectivity index (χ0) is 9.03. The van der Waals surface area contributed by atoms with Crippen LogP contribution < -0.4 is 0 Å². The molecule has 0 heterocycles. The Hall–Kier alpha value is 0.730. The van der Waals surface area contributed by atoms with Crippen LogP contribution in [0, 0.1) is 5.92 Å². The molecule has 0 bridgehead atoms. The van der Waals surface area contributed by atoms with Crippen molar-refractivity contribution in [3.63, 3.8) is 0 Å². The summed E-state index contributed by atoms with van der Waals surface area (Å²) < 4.78 is 5.75. The highest BCUT2D eigenvalue weighted by Crippen LogP contribution is 2.28. The van der Waals surface area contributed by atoms with E-state index in [0.717, 1.165) is 17.9 Å². The first-order valence-electron chi connectivity index (χ1n) is 4.46. The van der Waals surface area contributed by atoms with Crippen molar-refractivity contribution in [3.8, 4) is 0 Å². The van der Waals surface area contributed by atoms with E-state index in [9.17, 15) is 0 Å². The Balaban J connectivity index is 2.17. The van der Waals surface area contributed by atoms with Gasteiger partial charge in [-0.15, -0.1) is 11.6 Å². The van der Waals surface area contributed by atoms with Gasteiger partial charge in [-0.25, -0.2) is 0 Å². The lowest BCUT2D eigenvalue weighted by Crippen LogP contribution is -2.35. The molecular formula is C9H16BrClO. The summed E-state index contributed by atoms with van der Waals surface area (Å²) in [6.45, 7) is 2.93. The lowest BCUT2D eigenvalue weighted by atomic mass is 9.86. The first-order chi connectivity index (χ1) is 5.70. The van der Waals surface area contributed by atoms with Gasteiger partial charge in [-0.05, 0) is 25.7 Å². The minimum atomic E-state index is -0.169. The Morgan fingerprint density at radius 1 is 1.58 bits per heavy atom. The second-order valence-corrected chi connectivity index (χ2v) is 4.65. The predicted octanol–water partition coefficient (Wildman–Crippen LogP) is 3.20. The Morgan fingerprint density at radius 3 is 2.58 bits per heavy atom. The molecule has 1 fully saturated rings.